The van der Waals surface area contributed by atoms with Gasteiger partial charge in [-0.25, -0.2) is 4.98 Å². The van der Waals surface area contributed by atoms with E-state index in [-0.39, 0.29) is 11.1 Å². The van der Waals surface area contributed by atoms with Crippen LogP contribution in [-0.4, -0.2) is 28.0 Å². The number of thioether (sulfide) groups is 1. The van der Waals surface area contributed by atoms with Crippen molar-refractivity contribution in [2.45, 2.75) is 31.9 Å². The highest BCUT2D eigenvalue weighted by Crippen LogP contribution is 2.32. The van der Waals surface area contributed by atoms with Crippen LogP contribution in [0.15, 0.2) is 65.1 Å². The Bertz CT molecular complexity index is 1380. The summed E-state index contributed by atoms with van der Waals surface area (Å²) in [6.45, 7) is 4.43. The summed E-state index contributed by atoms with van der Waals surface area (Å²) in [6, 6.07) is 20.0. The number of fused-ring (bicyclic) bond motifs is 1. The van der Waals surface area contributed by atoms with Gasteiger partial charge in [0.2, 0.25) is 11.8 Å². The van der Waals surface area contributed by atoms with Gasteiger partial charge in [0, 0.05) is 17.4 Å². The molecule has 6 nitrogen and oxygen atoms in total. The van der Waals surface area contributed by atoms with Crippen LogP contribution in [0.4, 0.5) is 4.79 Å². The SMILES string of the molecule is Cc1ccc(-c2nc(CCOc3ccc(CC4SC(=O)NC4=O)c4ccccc34)c(C)o2)cc1. The third-order valence-electron chi connectivity index (χ3n) is 5.93. The van der Waals surface area contributed by atoms with Gasteiger partial charge >= 0.3 is 0 Å². The fourth-order valence-electron chi connectivity index (χ4n) is 4.10. The van der Waals surface area contributed by atoms with E-state index in [1.807, 2.05) is 67.6 Å². The predicted molar refractivity (Wildman–Crippen MR) is 133 cm³/mol. The second kappa shape index (κ2) is 9.35. The first-order valence-electron chi connectivity index (χ1n) is 11.2. The maximum absolute atomic E-state index is 12.0. The molecule has 1 aromatic heterocycles. The minimum atomic E-state index is -0.402. The van der Waals surface area contributed by atoms with E-state index >= 15 is 0 Å². The van der Waals surface area contributed by atoms with Crippen LogP contribution in [0, 0.1) is 13.8 Å². The van der Waals surface area contributed by atoms with Gasteiger partial charge in [0.05, 0.1) is 17.6 Å². The third kappa shape index (κ3) is 4.56. The maximum atomic E-state index is 12.0. The molecule has 1 N–H and O–H groups in total. The zero-order valence-electron chi connectivity index (χ0n) is 19.0. The first-order chi connectivity index (χ1) is 16.5. The number of carbonyl (C=O) groups is 2. The highest BCUT2D eigenvalue weighted by atomic mass is 32.2. The van der Waals surface area contributed by atoms with E-state index in [0.29, 0.717) is 25.3 Å². The summed E-state index contributed by atoms with van der Waals surface area (Å²) >= 11 is 1.05. The van der Waals surface area contributed by atoms with Crippen molar-refractivity contribution < 1.29 is 18.7 Å². The summed E-state index contributed by atoms with van der Waals surface area (Å²) in [4.78, 5) is 28.2. The molecule has 7 heteroatoms. The van der Waals surface area contributed by atoms with E-state index in [2.05, 4.69) is 17.2 Å². The summed E-state index contributed by atoms with van der Waals surface area (Å²) in [7, 11) is 0. The number of benzene rings is 3. The number of rotatable bonds is 7. The molecule has 1 aliphatic heterocycles. The van der Waals surface area contributed by atoms with Crippen molar-refractivity contribution in [2.75, 3.05) is 6.61 Å². The Labute approximate surface area is 201 Å². The molecule has 0 saturated carbocycles. The standard InChI is InChI=1S/C27H24N2O4S/c1-16-7-9-18(10-8-16)26-28-22(17(2)33-26)13-14-32-23-12-11-19(20-5-3-4-6-21(20)23)15-24-25(30)29-27(31)34-24/h3-12,24H,13-15H2,1-2H3,(H,29,30,31). The Balaban J connectivity index is 1.30. The van der Waals surface area contributed by atoms with Crippen LogP contribution >= 0.6 is 11.8 Å². The molecular weight excluding hydrogens is 448 g/mol. The van der Waals surface area contributed by atoms with E-state index < -0.39 is 5.25 Å². The van der Waals surface area contributed by atoms with Crippen LogP contribution in [0.3, 0.4) is 0 Å². The largest absolute Gasteiger partial charge is 0.493 e. The quantitative estimate of drug-likeness (QED) is 0.376. The van der Waals surface area contributed by atoms with E-state index in [1.54, 1.807) is 0 Å². The molecule has 1 atom stereocenters. The Morgan fingerprint density at radius 3 is 2.50 bits per heavy atom. The monoisotopic (exact) mass is 472 g/mol. The zero-order valence-corrected chi connectivity index (χ0v) is 19.8. The molecule has 3 aromatic carbocycles. The van der Waals surface area contributed by atoms with Crippen molar-refractivity contribution in [3.63, 3.8) is 0 Å². The highest BCUT2D eigenvalue weighted by molar-refractivity contribution is 8.15. The summed E-state index contributed by atoms with van der Waals surface area (Å²) in [5.41, 5.74) is 4.04. The van der Waals surface area contributed by atoms with Crippen molar-refractivity contribution in [1.82, 2.24) is 10.3 Å². The summed E-state index contributed by atoms with van der Waals surface area (Å²) in [5, 5.41) is 3.67. The molecule has 2 heterocycles. The van der Waals surface area contributed by atoms with Gasteiger partial charge < -0.3 is 9.15 Å². The van der Waals surface area contributed by atoms with Gasteiger partial charge in [0.1, 0.15) is 11.5 Å². The lowest BCUT2D eigenvalue weighted by molar-refractivity contribution is -0.118. The zero-order chi connectivity index (χ0) is 23.7. The fourth-order valence-corrected chi connectivity index (χ4v) is 4.95. The number of oxazole rings is 1. The van der Waals surface area contributed by atoms with Gasteiger partial charge in [-0.05, 0) is 49.4 Å². The minimum absolute atomic E-state index is 0.229. The molecule has 1 unspecified atom stereocenters. The first-order valence-corrected chi connectivity index (χ1v) is 12.0. The molecule has 0 bridgehead atoms. The second-order valence-electron chi connectivity index (χ2n) is 8.34. The molecule has 0 spiro atoms. The van der Waals surface area contributed by atoms with Gasteiger partial charge in [-0.2, -0.15) is 0 Å². The first kappa shape index (κ1) is 22.2. The van der Waals surface area contributed by atoms with Gasteiger partial charge in [-0.15, -0.1) is 0 Å². The lowest BCUT2D eigenvalue weighted by Crippen LogP contribution is -2.25. The Hall–Kier alpha value is -3.58. The maximum Gasteiger partial charge on any atom is 0.286 e. The molecule has 1 aliphatic rings. The van der Waals surface area contributed by atoms with E-state index in [1.165, 1.54) is 5.56 Å². The Morgan fingerprint density at radius 1 is 1.00 bits per heavy atom. The van der Waals surface area contributed by atoms with E-state index in [4.69, 9.17) is 9.15 Å². The normalized spacial score (nSPS) is 15.6. The number of hydrogen-bond donors (Lipinski definition) is 1. The van der Waals surface area contributed by atoms with Crippen molar-refractivity contribution in [3.05, 3.63) is 83.2 Å². The summed E-state index contributed by atoms with van der Waals surface area (Å²) < 4.78 is 12.0. The molecule has 34 heavy (non-hydrogen) atoms. The van der Waals surface area contributed by atoms with Crippen LogP contribution in [0.25, 0.3) is 22.2 Å². The fraction of sp³-hybridized carbons (Fsp3) is 0.222. The van der Waals surface area contributed by atoms with Crippen molar-refractivity contribution in [2.24, 2.45) is 0 Å². The number of nitrogens with zero attached hydrogens (tertiary/aromatic N) is 1. The third-order valence-corrected chi connectivity index (χ3v) is 6.92. The lowest BCUT2D eigenvalue weighted by Gasteiger charge is -2.13. The van der Waals surface area contributed by atoms with Crippen molar-refractivity contribution in [1.29, 1.82) is 0 Å². The smallest absolute Gasteiger partial charge is 0.286 e. The van der Waals surface area contributed by atoms with Gasteiger partial charge in [-0.1, -0.05) is 59.8 Å². The summed E-state index contributed by atoms with van der Waals surface area (Å²) in [5.74, 6) is 1.96. The van der Waals surface area contributed by atoms with Crippen LogP contribution in [0.5, 0.6) is 5.75 Å². The average molecular weight is 473 g/mol. The molecule has 1 saturated heterocycles. The van der Waals surface area contributed by atoms with Crippen LogP contribution in [0.1, 0.15) is 22.6 Å². The average Bonchev–Trinajstić information content (AvgIpc) is 3.36. The molecule has 1 fully saturated rings. The van der Waals surface area contributed by atoms with E-state index in [9.17, 15) is 9.59 Å². The molecule has 172 valence electrons. The predicted octanol–water partition coefficient (Wildman–Crippen LogP) is 5.63. The number of ether oxygens (including phenoxy) is 1. The van der Waals surface area contributed by atoms with Crippen molar-refractivity contribution in [3.8, 4) is 17.2 Å². The number of nitrogens with one attached hydrogen (secondary N) is 1. The second-order valence-corrected chi connectivity index (χ2v) is 9.52. The molecule has 0 aliphatic carbocycles. The molecular formula is C27H24N2O4S. The number of carbonyl (C=O) groups excluding carboxylic acids is 2. The van der Waals surface area contributed by atoms with Gasteiger partial charge in [0.15, 0.2) is 0 Å². The van der Waals surface area contributed by atoms with Crippen molar-refractivity contribution >= 4 is 33.7 Å². The number of hydrogen-bond acceptors (Lipinski definition) is 6. The Morgan fingerprint density at radius 2 is 1.76 bits per heavy atom. The lowest BCUT2D eigenvalue weighted by atomic mass is 10.00. The molecule has 2 amide bonds. The van der Waals surface area contributed by atoms with Gasteiger partial charge in [-0.3, -0.25) is 14.9 Å². The highest BCUT2D eigenvalue weighted by Gasteiger charge is 2.32. The minimum Gasteiger partial charge on any atom is -0.493 e. The van der Waals surface area contributed by atoms with E-state index in [0.717, 1.165) is 50.9 Å². The number of aryl methyl sites for hydroxylation is 2. The number of imide groups is 1. The molecule has 4 aromatic rings. The van der Waals surface area contributed by atoms with Crippen LogP contribution in [0.2, 0.25) is 0 Å². The van der Waals surface area contributed by atoms with Crippen LogP contribution in [-0.2, 0) is 17.6 Å². The topological polar surface area (TPSA) is 81.4 Å². The molecule has 5 rings (SSSR count). The van der Waals surface area contributed by atoms with Crippen LogP contribution < -0.4 is 10.1 Å². The molecule has 0 radical (unpaired) electrons. The number of aromatic nitrogens is 1. The summed E-state index contributed by atoms with van der Waals surface area (Å²) in [6.07, 6.45) is 1.11. The Kier molecular flexibility index (Phi) is 6.11. The van der Waals surface area contributed by atoms with Gasteiger partial charge in [0.25, 0.3) is 5.24 Å². The number of amides is 2.